The molecule has 2 N–H and O–H groups in total. The quantitative estimate of drug-likeness (QED) is 0.780. The first-order valence-electron chi connectivity index (χ1n) is 5.34. The van der Waals surface area contributed by atoms with Crippen LogP contribution in [-0.2, 0) is 9.59 Å². The zero-order valence-electron chi connectivity index (χ0n) is 10.4. The van der Waals surface area contributed by atoms with Crippen LogP contribution in [0.4, 0.5) is 5.69 Å². The van der Waals surface area contributed by atoms with Gasteiger partial charge in [0.05, 0.1) is 11.9 Å². The highest BCUT2D eigenvalue weighted by molar-refractivity contribution is 6.07. The lowest BCUT2D eigenvalue weighted by Gasteiger charge is -2.17. The minimum absolute atomic E-state index is 0.188. The summed E-state index contributed by atoms with van der Waals surface area (Å²) in [5, 5.41) is 15.5. The van der Waals surface area contributed by atoms with Crippen LogP contribution in [-0.4, -0.2) is 26.8 Å². The van der Waals surface area contributed by atoms with Crippen LogP contribution < -0.4 is 5.32 Å². The summed E-state index contributed by atoms with van der Waals surface area (Å²) in [5.41, 5.74) is -0.960. The SMILES string of the molecule is CC(C)n1cc(NC(=O)C(C)(C)C(=O)O)cn1. The minimum atomic E-state index is -1.46. The zero-order valence-corrected chi connectivity index (χ0v) is 10.4. The van der Waals surface area contributed by atoms with Crippen LogP contribution >= 0.6 is 0 Å². The molecule has 0 unspecified atom stereocenters. The first kappa shape index (κ1) is 13.2. The van der Waals surface area contributed by atoms with Crippen molar-refractivity contribution < 1.29 is 14.7 Å². The molecule has 0 aliphatic heterocycles. The second kappa shape index (κ2) is 4.57. The highest BCUT2D eigenvalue weighted by Crippen LogP contribution is 2.19. The summed E-state index contributed by atoms with van der Waals surface area (Å²) in [6.07, 6.45) is 3.16. The third kappa shape index (κ3) is 2.83. The number of hydrogen-bond donors (Lipinski definition) is 2. The summed E-state index contributed by atoms with van der Waals surface area (Å²) in [5.74, 6) is -1.72. The van der Waals surface area contributed by atoms with Gasteiger partial charge in [-0.2, -0.15) is 5.10 Å². The molecule has 0 fully saturated rings. The van der Waals surface area contributed by atoms with Gasteiger partial charge in [0.2, 0.25) is 5.91 Å². The Kier molecular flexibility index (Phi) is 3.55. The molecule has 1 heterocycles. The van der Waals surface area contributed by atoms with Gasteiger partial charge in [-0.3, -0.25) is 14.3 Å². The first-order chi connectivity index (χ1) is 7.75. The second-order valence-corrected chi connectivity index (χ2v) is 4.69. The molecule has 94 valence electrons. The Bertz CT molecular complexity index is 435. The van der Waals surface area contributed by atoms with E-state index in [0.717, 1.165) is 0 Å². The Morgan fingerprint density at radius 2 is 2.06 bits per heavy atom. The molecule has 0 atom stereocenters. The van der Waals surface area contributed by atoms with Gasteiger partial charge in [0, 0.05) is 12.2 Å². The smallest absolute Gasteiger partial charge is 0.318 e. The van der Waals surface area contributed by atoms with E-state index >= 15 is 0 Å². The first-order valence-corrected chi connectivity index (χ1v) is 5.34. The number of carboxylic acids is 1. The summed E-state index contributed by atoms with van der Waals surface area (Å²) in [6, 6.07) is 0.188. The van der Waals surface area contributed by atoms with Crippen LogP contribution in [0.15, 0.2) is 12.4 Å². The molecule has 17 heavy (non-hydrogen) atoms. The number of nitrogens with one attached hydrogen (secondary N) is 1. The molecule has 6 heteroatoms. The fourth-order valence-electron chi connectivity index (χ4n) is 1.07. The van der Waals surface area contributed by atoms with Gasteiger partial charge >= 0.3 is 5.97 Å². The number of nitrogens with zero attached hydrogens (tertiary/aromatic N) is 2. The molecular formula is C11H17N3O3. The predicted molar refractivity (Wildman–Crippen MR) is 62.7 cm³/mol. The number of amides is 1. The lowest BCUT2D eigenvalue weighted by atomic mass is 9.93. The number of rotatable bonds is 4. The van der Waals surface area contributed by atoms with E-state index in [1.807, 2.05) is 13.8 Å². The van der Waals surface area contributed by atoms with Crippen LogP contribution in [0.2, 0.25) is 0 Å². The predicted octanol–water partition coefficient (Wildman–Crippen LogP) is 1.51. The normalized spacial score (nSPS) is 11.6. The van der Waals surface area contributed by atoms with Gasteiger partial charge in [0.15, 0.2) is 0 Å². The minimum Gasteiger partial charge on any atom is -0.480 e. The van der Waals surface area contributed by atoms with Crippen molar-refractivity contribution in [3.63, 3.8) is 0 Å². The second-order valence-electron chi connectivity index (χ2n) is 4.69. The summed E-state index contributed by atoms with van der Waals surface area (Å²) in [4.78, 5) is 22.6. The zero-order chi connectivity index (χ0) is 13.2. The van der Waals surface area contributed by atoms with Gasteiger partial charge in [-0.1, -0.05) is 0 Å². The molecule has 0 saturated heterocycles. The molecule has 1 aromatic rings. The van der Waals surface area contributed by atoms with E-state index in [1.165, 1.54) is 20.0 Å². The number of carbonyl (C=O) groups excluding carboxylic acids is 1. The van der Waals surface area contributed by atoms with E-state index in [0.29, 0.717) is 5.69 Å². The van der Waals surface area contributed by atoms with Crippen LogP contribution in [0.3, 0.4) is 0 Å². The highest BCUT2D eigenvalue weighted by atomic mass is 16.4. The largest absolute Gasteiger partial charge is 0.480 e. The molecule has 1 aromatic heterocycles. The Balaban J connectivity index is 2.78. The number of anilines is 1. The topological polar surface area (TPSA) is 84.2 Å². The molecule has 6 nitrogen and oxygen atoms in total. The van der Waals surface area contributed by atoms with Gasteiger partial charge < -0.3 is 10.4 Å². The summed E-state index contributed by atoms with van der Waals surface area (Å²) in [6.45, 7) is 6.63. The van der Waals surface area contributed by atoms with Crippen molar-refractivity contribution in [1.29, 1.82) is 0 Å². The summed E-state index contributed by atoms with van der Waals surface area (Å²) < 4.78 is 1.68. The molecular weight excluding hydrogens is 222 g/mol. The maximum atomic E-state index is 11.7. The average Bonchev–Trinajstić information content (AvgIpc) is 2.65. The fraction of sp³-hybridized carbons (Fsp3) is 0.545. The fourth-order valence-corrected chi connectivity index (χ4v) is 1.07. The molecule has 0 aromatic carbocycles. The van der Waals surface area contributed by atoms with Crippen molar-refractivity contribution in [2.45, 2.75) is 33.7 Å². The number of aliphatic carboxylic acids is 1. The number of carboxylic acid groups (broad SMARTS) is 1. The molecule has 1 amide bonds. The van der Waals surface area contributed by atoms with Crippen molar-refractivity contribution in [1.82, 2.24) is 9.78 Å². The number of aromatic nitrogens is 2. The lowest BCUT2D eigenvalue weighted by Crippen LogP contribution is -2.37. The lowest BCUT2D eigenvalue weighted by molar-refractivity contribution is -0.151. The van der Waals surface area contributed by atoms with E-state index in [4.69, 9.17) is 5.11 Å². The van der Waals surface area contributed by atoms with E-state index in [9.17, 15) is 9.59 Å². The number of carbonyl (C=O) groups is 2. The van der Waals surface area contributed by atoms with Crippen LogP contribution in [0.5, 0.6) is 0 Å². The molecule has 0 bridgehead atoms. The summed E-state index contributed by atoms with van der Waals surface area (Å²) >= 11 is 0. The maximum absolute atomic E-state index is 11.7. The average molecular weight is 239 g/mol. The van der Waals surface area contributed by atoms with Crippen molar-refractivity contribution in [3.05, 3.63) is 12.4 Å². The Morgan fingerprint density at radius 1 is 1.47 bits per heavy atom. The van der Waals surface area contributed by atoms with Gasteiger partial charge in [0.1, 0.15) is 5.41 Å². The Hall–Kier alpha value is -1.85. The molecule has 1 rings (SSSR count). The molecule has 0 spiro atoms. The van der Waals surface area contributed by atoms with Gasteiger partial charge in [0.25, 0.3) is 0 Å². The maximum Gasteiger partial charge on any atom is 0.318 e. The van der Waals surface area contributed by atoms with Gasteiger partial charge in [-0.15, -0.1) is 0 Å². The Labute approximate surface area is 99.6 Å². The highest BCUT2D eigenvalue weighted by Gasteiger charge is 2.36. The van der Waals surface area contributed by atoms with Gasteiger partial charge in [-0.05, 0) is 27.7 Å². The van der Waals surface area contributed by atoms with E-state index in [1.54, 1.807) is 10.9 Å². The third-order valence-corrected chi connectivity index (χ3v) is 2.49. The molecule has 0 aliphatic rings. The third-order valence-electron chi connectivity index (χ3n) is 2.49. The van der Waals surface area contributed by atoms with Crippen molar-refractivity contribution in [2.75, 3.05) is 5.32 Å². The van der Waals surface area contributed by atoms with Gasteiger partial charge in [-0.25, -0.2) is 0 Å². The van der Waals surface area contributed by atoms with E-state index in [-0.39, 0.29) is 6.04 Å². The van der Waals surface area contributed by atoms with Crippen molar-refractivity contribution >= 4 is 17.6 Å². The number of hydrogen-bond acceptors (Lipinski definition) is 3. The van der Waals surface area contributed by atoms with Crippen LogP contribution in [0, 0.1) is 5.41 Å². The van der Waals surface area contributed by atoms with Crippen molar-refractivity contribution in [2.24, 2.45) is 5.41 Å². The van der Waals surface area contributed by atoms with E-state index in [2.05, 4.69) is 10.4 Å². The molecule has 0 aliphatic carbocycles. The molecule has 0 saturated carbocycles. The summed E-state index contributed by atoms with van der Waals surface area (Å²) in [7, 11) is 0. The van der Waals surface area contributed by atoms with Crippen LogP contribution in [0.25, 0.3) is 0 Å². The van der Waals surface area contributed by atoms with Crippen LogP contribution in [0.1, 0.15) is 33.7 Å². The van der Waals surface area contributed by atoms with Crippen molar-refractivity contribution in [3.8, 4) is 0 Å². The molecule has 0 radical (unpaired) electrons. The van der Waals surface area contributed by atoms with E-state index < -0.39 is 17.3 Å². The Morgan fingerprint density at radius 3 is 2.47 bits per heavy atom. The monoisotopic (exact) mass is 239 g/mol. The standard InChI is InChI=1S/C11H17N3O3/c1-7(2)14-6-8(5-12-14)13-9(15)11(3,4)10(16)17/h5-7H,1-4H3,(H,13,15)(H,16,17).